The minimum absolute atomic E-state index is 0.171. The Morgan fingerprint density at radius 3 is 2.56 bits per heavy atom. The Labute approximate surface area is 155 Å². The van der Waals surface area contributed by atoms with Gasteiger partial charge in [-0.15, -0.1) is 0 Å². The van der Waals surface area contributed by atoms with Crippen molar-refractivity contribution in [2.75, 3.05) is 0 Å². The number of nitrogens with one attached hydrogen (secondary N) is 1. The third-order valence-electron chi connectivity index (χ3n) is 4.26. The smallest absolute Gasteiger partial charge is 0.265 e. The lowest BCUT2D eigenvalue weighted by Crippen LogP contribution is -2.23. The fourth-order valence-corrected chi connectivity index (χ4v) is 2.82. The molecule has 0 spiro atoms. The first-order valence-electron chi connectivity index (χ1n) is 8.46. The molecule has 4 rings (SSSR count). The van der Waals surface area contributed by atoms with Gasteiger partial charge in [0.15, 0.2) is 0 Å². The number of hydrogen-bond acceptors (Lipinski definition) is 4. The molecule has 0 fully saturated rings. The molecule has 0 unspecified atom stereocenters. The number of rotatable bonds is 4. The molecule has 2 heterocycles. The zero-order valence-corrected chi connectivity index (χ0v) is 14.4. The highest BCUT2D eigenvalue weighted by molar-refractivity contribution is 5.97. The van der Waals surface area contributed by atoms with Gasteiger partial charge in [0.05, 0.1) is 16.6 Å². The Bertz CT molecular complexity index is 1160. The molecule has 2 aromatic carbocycles. The molecular formula is C21H16N4O2. The normalized spacial score (nSPS) is 10.7. The van der Waals surface area contributed by atoms with Crippen molar-refractivity contribution >= 4 is 16.8 Å². The number of fused-ring (bicyclic) bond motifs is 1. The summed E-state index contributed by atoms with van der Waals surface area (Å²) < 4.78 is 1.49. The third kappa shape index (κ3) is 3.46. The Kier molecular flexibility index (Phi) is 4.45. The molecule has 6 nitrogen and oxygen atoms in total. The second-order valence-electron chi connectivity index (χ2n) is 6.03. The van der Waals surface area contributed by atoms with Crippen molar-refractivity contribution in [1.82, 2.24) is 19.9 Å². The summed E-state index contributed by atoms with van der Waals surface area (Å²) in [5.41, 5.74) is 2.48. The van der Waals surface area contributed by atoms with Crippen LogP contribution in [0.1, 0.15) is 15.9 Å². The number of pyridine rings is 1. The predicted octanol–water partition coefficient (Wildman–Crippen LogP) is 2.71. The van der Waals surface area contributed by atoms with Crippen LogP contribution >= 0.6 is 0 Å². The number of benzene rings is 2. The van der Waals surface area contributed by atoms with Crippen molar-refractivity contribution in [3.8, 4) is 5.69 Å². The monoisotopic (exact) mass is 356 g/mol. The molecule has 2 aromatic heterocycles. The summed E-state index contributed by atoms with van der Waals surface area (Å²) in [6.45, 7) is 0.405. The molecule has 0 aliphatic heterocycles. The molecule has 0 atom stereocenters. The van der Waals surface area contributed by atoms with Gasteiger partial charge in [-0.1, -0.05) is 18.2 Å². The predicted molar refractivity (Wildman–Crippen MR) is 103 cm³/mol. The van der Waals surface area contributed by atoms with Crippen LogP contribution in [0.4, 0.5) is 0 Å². The molecule has 0 aliphatic rings. The van der Waals surface area contributed by atoms with Gasteiger partial charge in [-0.25, -0.2) is 4.98 Å². The molecular weight excluding hydrogens is 340 g/mol. The highest BCUT2D eigenvalue weighted by Crippen LogP contribution is 2.12. The Balaban J connectivity index is 1.61. The summed E-state index contributed by atoms with van der Waals surface area (Å²) in [7, 11) is 0. The fourth-order valence-electron chi connectivity index (χ4n) is 2.82. The van der Waals surface area contributed by atoms with E-state index in [-0.39, 0.29) is 11.5 Å². The molecule has 0 radical (unpaired) electrons. The minimum Gasteiger partial charge on any atom is -0.348 e. The molecule has 0 saturated heterocycles. The molecule has 0 bridgehead atoms. The lowest BCUT2D eigenvalue weighted by atomic mass is 10.1. The Hall–Kier alpha value is -3.80. The third-order valence-corrected chi connectivity index (χ3v) is 4.26. The van der Waals surface area contributed by atoms with Gasteiger partial charge in [0.25, 0.3) is 11.5 Å². The van der Waals surface area contributed by atoms with Gasteiger partial charge in [-0.3, -0.25) is 19.1 Å². The number of nitrogens with zero attached hydrogens (tertiary/aromatic N) is 3. The SMILES string of the molecule is O=C(NCc1ccncc1)c1ccc2c(=O)n(-c3ccccc3)cnc2c1. The van der Waals surface area contributed by atoms with Crippen molar-refractivity contribution in [3.63, 3.8) is 0 Å². The van der Waals surface area contributed by atoms with Crippen molar-refractivity contribution < 1.29 is 4.79 Å². The van der Waals surface area contributed by atoms with Crippen molar-refractivity contribution in [3.05, 3.63) is 101 Å². The summed E-state index contributed by atoms with van der Waals surface area (Å²) in [6.07, 6.45) is 4.84. The first-order valence-corrected chi connectivity index (χ1v) is 8.46. The van der Waals surface area contributed by atoms with Gasteiger partial charge in [-0.05, 0) is 48.0 Å². The van der Waals surface area contributed by atoms with E-state index in [0.717, 1.165) is 11.3 Å². The van der Waals surface area contributed by atoms with E-state index in [9.17, 15) is 9.59 Å². The quantitative estimate of drug-likeness (QED) is 0.610. The number of para-hydroxylation sites is 1. The van der Waals surface area contributed by atoms with E-state index >= 15 is 0 Å². The zero-order valence-electron chi connectivity index (χ0n) is 14.4. The zero-order chi connectivity index (χ0) is 18.6. The van der Waals surface area contributed by atoms with Crippen molar-refractivity contribution in [2.24, 2.45) is 0 Å². The van der Waals surface area contributed by atoms with Gasteiger partial charge in [0, 0.05) is 24.5 Å². The maximum Gasteiger partial charge on any atom is 0.265 e. The van der Waals surface area contributed by atoms with Crippen LogP contribution in [-0.4, -0.2) is 20.4 Å². The second kappa shape index (κ2) is 7.21. The second-order valence-corrected chi connectivity index (χ2v) is 6.03. The number of carbonyl (C=O) groups excluding carboxylic acids is 1. The van der Waals surface area contributed by atoms with Crippen LogP contribution in [-0.2, 0) is 6.54 Å². The minimum atomic E-state index is -0.220. The van der Waals surface area contributed by atoms with E-state index in [0.29, 0.717) is 23.0 Å². The van der Waals surface area contributed by atoms with E-state index in [1.165, 1.54) is 10.9 Å². The van der Waals surface area contributed by atoms with Crippen molar-refractivity contribution in [1.29, 1.82) is 0 Å². The van der Waals surface area contributed by atoms with Crippen LogP contribution in [0.25, 0.3) is 16.6 Å². The molecule has 0 saturated carbocycles. The molecule has 4 aromatic rings. The average molecular weight is 356 g/mol. The van der Waals surface area contributed by atoms with Gasteiger partial charge >= 0.3 is 0 Å². The lowest BCUT2D eigenvalue weighted by molar-refractivity contribution is 0.0951. The molecule has 132 valence electrons. The van der Waals surface area contributed by atoms with Crippen LogP contribution in [0, 0.1) is 0 Å². The van der Waals surface area contributed by atoms with Gasteiger partial charge in [0.1, 0.15) is 6.33 Å². The van der Waals surface area contributed by atoms with Crippen molar-refractivity contribution in [2.45, 2.75) is 6.54 Å². The van der Waals surface area contributed by atoms with Crippen LogP contribution in [0.5, 0.6) is 0 Å². The standard InChI is InChI=1S/C21H16N4O2/c26-20(23-13-15-8-10-22-11-9-15)16-6-7-18-19(12-16)24-14-25(21(18)27)17-4-2-1-3-5-17/h1-12,14H,13H2,(H,23,26). The molecule has 27 heavy (non-hydrogen) atoms. The summed E-state index contributed by atoms with van der Waals surface area (Å²) in [6, 6.07) is 17.9. The Morgan fingerprint density at radius 2 is 1.78 bits per heavy atom. The summed E-state index contributed by atoms with van der Waals surface area (Å²) in [4.78, 5) is 33.4. The number of amides is 1. The number of aromatic nitrogens is 3. The lowest BCUT2D eigenvalue weighted by Gasteiger charge is -2.08. The number of carbonyl (C=O) groups is 1. The summed E-state index contributed by atoms with van der Waals surface area (Å²) >= 11 is 0. The van der Waals surface area contributed by atoms with Crippen LogP contribution in [0.15, 0.2) is 84.2 Å². The number of hydrogen-bond donors (Lipinski definition) is 1. The van der Waals surface area contributed by atoms with Gasteiger partial charge in [-0.2, -0.15) is 0 Å². The first-order chi connectivity index (χ1) is 13.2. The van der Waals surface area contributed by atoms with Gasteiger partial charge in [0.2, 0.25) is 0 Å². The molecule has 0 aliphatic carbocycles. The maximum absolute atomic E-state index is 12.7. The van der Waals surface area contributed by atoms with Crippen LogP contribution < -0.4 is 10.9 Å². The van der Waals surface area contributed by atoms with E-state index in [1.807, 2.05) is 42.5 Å². The topological polar surface area (TPSA) is 76.9 Å². The van der Waals surface area contributed by atoms with E-state index in [2.05, 4.69) is 15.3 Å². The first kappa shape index (κ1) is 16.7. The summed E-state index contributed by atoms with van der Waals surface area (Å²) in [5, 5.41) is 3.32. The molecule has 6 heteroatoms. The fraction of sp³-hybridized carbons (Fsp3) is 0.0476. The highest BCUT2D eigenvalue weighted by atomic mass is 16.1. The Morgan fingerprint density at radius 1 is 1.00 bits per heavy atom. The van der Waals surface area contributed by atoms with E-state index in [4.69, 9.17) is 0 Å². The average Bonchev–Trinajstić information content (AvgIpc) is 2.73. The molecule has 1 N–H and O–H groups in total. The maximum atomic E-state index is 12.7. The van der Waals surface area contributed by atoms with Gasteiger partial charge < -0.3 is 5.32 Å². The van der Waals surface area contributed by atoms with Crippen LogP contribution in [0.3, 0.4) is 0 Å². The van der Waals surface area contributed by atoms with E-state index < -0.39 is 0 Å². The van der Waals surface area contributed by atoms with Crippen LogP contribution in [0.2, 0.25) is 0 Å². The van der Waals surface area contributed by atoms with E-state index in [1.54, 1.807) is 30.6 Å². The largest absolute Gasteiger partial charge is 0.348 e. The summed E-state index contributed by atoms with van der Waals surface area (Å²) in [5.74, 6) is -0.220. The highest BCUT2D eigenvalue weighted by Gasteiger charge is 2.10. The molecule has 1 amide bonds.